The van der Waals surface area contributed by atoms with Crippen molar-refractivity contribution in [2.45, 2.75) is 0 Å². The molecule has 0 radical (unpaired) electrons. The van der Waals surface area contributed by atoms with Crippen LogP contribution in [0.1, 0.15) is 10.4 Å². The third-order valence-electron chi connectivity index (χ3n) is 4.58. The van der Waals surface area contributed by atoms with Crippen LogP contribution in [-0.2, 0) is 0 Å². The number of thiophene rings is 1. The lowest BCUT2D eigenvalue weighted by atomic mass is 10.1. The standard InChI is InChI=1S/C19H20N4O2S/c1-25-15-6-4-14(5-7-15)19(24)23-10-8-22(9-11-23)18-13-16(20-21-18)17-3-2-12-26-17/h2-7,12-13H,8-11H2,1H3,(H,20,21). The van der Waals surface area contributed by atoms with Gasteiger partial charge in [0.2, 0.25) is 0 Å². The van der Waals surface area contributed by atoms with E-state index in [1.54, 1.807) is 18.4 Å². The Morgan fingerprint density at radius 1 is 1.15 bits per heavy atom. The summed E-state index contributed by atoms with van der Waals surface area (Å²) in [5.41, 5.74) is 1.73. The van der Waals surface area contributed by atoms with Crippen LogP contribution in [0.2, 0.25) is 0 Å². The molecule has 4 rings (SSSR count). The Morgan fingerprint density at radius 3 is 2.58 bits per heavy atom. The summed E-state index contributed by atoms with van der Waals surface area (Å²) in [4.78, 5) is 17.9. The molecule has 0 spiro atoms. The number of anilines is 1. The lowest BCUT2D eigenvalue weighted by Gasteiger charge is -2.34. The van der Waals surface area contributed by atoms with Crippen molar-refractivity contribution in [2.24, 2.45) is 0 Å². The van der Waals surface area contributed by atoms with Gasteiger partial charge >= 0.3 is 0 Å². The van der Waals surface area contributed by atoms with E-state index in [9.17, 15) is 4.79 Å². The number of carbonyl (C=O) groups is 1. The number of benzene rings is 1. The number of nitrogens with zero attached hydrogens (tertiary/aromatic N) is 3. The predicted octanol–water partition coefficient (Wildman–Crippen LogP) is 3.11. The number of carbonyl (C=O) groups excluding carboxylic acids is 1. The zero-order chi connectivity index (χ0) is 17.9. The van der Waals surface area contributed by atoms with E-state index >= 15 is 0 Å². The number of H-pyrrole nitrogens is 1. The highest BCUT2D eigenvalue weighted by molar-refractivity contribution is 7.13. The molecular formula is C19H20N4O2S. The molecule has 1 aliphatic heterocycles. The molecule has 0 bridgehead atoms. The maximum absolute atomic E-state index is 12.6. The summed E-state index contributed by atoms with van der Waals surface area (Å²) in [5, 5.41) is 9.59. The van der Waals surface area contributed by atoms with Crippen LogP contribution in [0.4, 0.5) is 5.82 Å². The van der Waals surface area contributed by atoms with Crippen LogP contribution in [0.25, 0.3) is 10.6 Å². The van der Waals surface area contributed by atoms with Crippen molar-refractivity contribution >= 4 is 23.1 Å². The van der Waals surface area contributed by atoms with Gasteiger partial charge in [-0.25, -0.2) is 0 Å². The third kappa shape index (κ3) is 3.30. The van der Waals surface area contributed by atoms with E-state index in [0.29, 0.717) is 18.7 Å². The molecule has 1 saturated heterocycles. The van der Waals surface area contributed by atoms with Gasteiger partial charge in [0.05, 0.1) is 17.7 Å². The third-order valence-corrected chi connectivity index (χ3v) is 5.48. The van der Waals surface area contributed by atoms with Gasteiger partial charge in [-0.1, -0.05) is 6.07 Å². The summed E-state index contributed by atoms with van der Waals surface area (Å²) in [6, 6.07) is 13.5. The molecule has 0 atom stereocenters. The van der Waals surface area contributed by atoms with Gasteiger partial charge in [-0.05, 0) is 35.7 Å². The lowest BCUT2D eigenvalue weighted by Crippen LogP contribution is -2.48. The highest BCUT2D eigenvalue weighted by Gasteiger charge is 2.23. The first-order valence-electron chi connectivity index (χ1n) is 8.52. The minimum absolute atomic E-state index is 0.0635. The summed E-state index contributed by atoms with van der Waals surface area (Å²) in [6.07, 6.45) is 0. The first kappa shape index (κ1) is 16.7. The van der Waals surface area contributed by atoms with Crippen molar-refractivity contribution in [1.82, 2.24) is 15.1 Å². The molecule has 0 saturated carbocycles. The predicted molar refractivity (Wildman–Crippen MR) is 103 cm³/mol. The van der Waals surface area contributed by atoms with Crippen molar-refractivity contribution in [2.75, 3.05) is 38.2 Å². The molecule has 3 heterocycles. The van der Waals surface area contributed by atoms with Crippen molar-refractivity contribution in [3.8, 4) is 16.3 Å². The number of rotatable bonds is 4. The Kier molecular flexibility index (Phi) is 4.62. The van der Waals surface area contributed by atoms with E-state index in [4.69, 9.17) is 4.74 Å². The van der Waals surface area contributed by atoms with Gasteiger partial charge < -0.3 is 14.5 Å². The number of hydrogen-bond donors (Lipinski definition) is 1. The number of aromatic nitrogens is 2. The van der Waals surface area contributed by atoms with Crippen LogP contribution in [0.15, 0.2) is 47.8 Å². The van der Waals surface area contributed by atoms with E-state index in [-0.39, 0.29) is 5.91 Å². The van der Waals surface area contributed by atoms with Crippen LogP contribution in [0, 0.1) is 0 Å². The fourth-order valence-electron chi connectivity index (χ4n) is 3.09. The van der Waals surface area contributed by atoms with Gasteiger partial charge in [0.1, 0.15) is 5.75 Å². The van der Waals surface area contributed by atoms with Gasteiger partial charge in [-0.2, -0.15) is 5.10 Å². The second kappa shape index (κ2) is 7.21. The monoisotopic (exact) mass is 368 g/mol. The minimum Gasteiger partial charge on any atom is -0.497 e. The lowest BCUT2D eigenvalue weighted by molar-refractivity contribution is 0.0746. The number of methoxy groups -OCH3 is 1. The summed E-state index contributed by atoms with van der Waals surface area (Å²) in [5.74, 6) is 1.75. The number of amides is 1. The Hall–Kier alpha value is -2.80. The quantitative estimate of drug-likeness (QED) is 0.769. The van der Waals surface area contributed by atoms with Crippen molar-refractivity contribution in [3.63, 3.8) is 0 Å². The summed E-state index contributed by atoms with van der Waals surface area (Å²) in [6.45, 7) is 2.92. The number of piperazine rings is 1. The molecule has 1 amide bonds. The van der Waals surface area contributed by atoms with E-state index in [0.717, 1.165) is 30.4 Å². The van der Waals surface area contributed by atoms with Gasteiger partial charge in [0.25, 0.3) is 5.91 Å². The second-order valence-corrected chi connectivity index (χ2v) is 7.07. The fourth-order valence-corrected chi connectivity index (χ4v) is 3.78. The van der Waals surface area contributed by atoms with Gasteiger partial charge in [0.15, 0.2) is 5.82 Å². The molecule has 6 nitrogen and oxygen atoms in total. The smallest absolute Gasteiger partial charge is 0.253 e. The SMILES string of the molecule is COc1ccc(C(=O)N2CCN(c3cc(-c4cccs4)[nH]n3)CC2)cc1. The Morgan fingerprint density at radius 2 is 1.92 bits per heavy atom. The molecule has 1 aromatic carbocycles. The van der Waals surface area contributed by atoms with Gasteiger partial charge in [0, 0.05) is 37.8 Å². The molecule has 26 heavy (non-hydrogen) atoms. The Bertz CT molecular complexity index is 865. The normalized spacial score (nSPS) is 14.5. The van der Waals surface area contributed by atoms with Crippen molar-refractivity contribution in [3.05, 3.63) is 53.4 Å². The minimum atomic E-state index is 0.0635. The molecule has 2 aromatic heterocycles. The molecule has 0 unspecified atom stereocenters. The molecule has 0 aliphatic carbocycles. The Labute approximate surface area is 156 Å². The summed E-state index contributed by atoms with van der Waals surface area (Å²) < 4.78 is 5.15. The van der Waals surface area contributed by atoms with Gasteiger partial charge in [-0.15, -0.1) is 11.3 Å². The van der Waals surface area contributed by atoms with Crippen molar-refractivity contribution in [1.29, 1.82) is 0 Å². The van der Waals surface area contributed by atoms with Crippen LogP contribution < -0.4 is 9.64 Å². The zero-order valence-electron chi connectivity index (χ0n) is 14.5. The van der Waals surface area contributed by atoms with E-state index in [1.165, 1.54) is 4.88 Å². The van der Waals surface area contributed by atoms with E-state index in [1.807, 2.05) is 35.2 Å². The highest BCUT2D eigenvalue weighted by atomic mass is 32.1. The number of hydrogen-bond acceptors (Lipinski definition) is 5. The summed E-state index contributed by atoms with van der Waals surface area (Å²) in [7, 11) is 1.62. The number of ether oxygens (including phenoxy) is 1. The average molecular weight is 368 g/mol. The molecule has 1 fully saturated rings. The maximum atomic E-state index is 12.6. The topological polar surface area (TPSA) is 61.5 Å². The first-order chi connectivity index (χ1) is 12.7. The van der Waals surface area contributed by atoms with Crippen LogP contribution in [0.5, 0.6) is 5.75 Å². The molecule has 1 N–H and O–H groups in total. The largest absolute Gasteiger partial charge is 0.497 e. The van der Waals surface area contributed by atoms with Crippen LogP contribution in [-0.4, -0.2) is 54.3 Å². The first-order valence-corrected chi connectivity index (χ1v) is 9.40. The van der Waals surface area contributed by atoms with Crippen LogP contribution in [0.3, 0.4) is 0 Å². The molecule has 3 aromatic rings. The van der Waals surface area contributed by atoms with E-state index in [2.05, 4.69) is 32.6 Å². The second-order valence-electron chi connectivity index (χ2n) is 6.12. The average Bonchev–Trinajstić information content (AvgIpc) is 3.39. The zero-order valence-corrected chi connectivity index (χ0v) is 15.3. The van der Waals surface area contributed by atoms with Crippen LogP contribution >= 0.6 is 11.3 Å². The molecule has 7 heteroatoms. The molecular weight excluding hydrogens is 348 g/mol. The number of nitrogens with one attached hydrogen (secondary N) is 1. The molecule has 134 valence electrons. The highest BCUT2D eigenvalue weighted by Crippen LogP contribution is 2.26. The number of aromatic amines is 1. The molecule has 1 aliphatic rings. The van der Waals surface area contributed by atoms with Gasteiger partial charge in [-0.3, -0.25) is 9.89 Å². The fraction of sp³-hybridized carbons (Fsp3) is 0.263. The maximum Gasteiger partial charge on any atom is 0.253 e. The summed E-state index contributed by atoms with van der Waals surface area (Å²) >= 11 is 1.69. The Balaban J connectivity index is 1.38. The van der Waals surface area contributed by atoms with E-state index < -0.39 is 0 Å². The van der Waals surface area contributed by atoms with Crippen molar-refractivity contribution < 1.29 is 9.53 Å².